The summed E-state index contributed by atoms with van der Waals surface area (Å²) < 4.78 is 2.08. The minimum atomic E-state index is 0.172. The van der Waals surface area contributed by atoms with Gasteiger partial charge in [0.15, 0.2) is 0 Å². The summed E-state index contributed by atoms with van der Waals surface area (Å²) in [7, 11) is 0. The normalized spacial score (nSPS) is 17.2. The van der Waals surface area contributed by atoms with Crippen LogP contribution in [0.1, 0.15) is 29.9 Å². The van der Waals surface area contributed by atoms with E-state index in [4.69, 9.17) is 0 Å². The molecule has 1 N–H and O–H groups in total. The average Bonchev–Trinajstić information content (AvgIpc) is 2.88. The van der Waals surface area contributed by atoms with Gasteiger partial charge in [-0.05, 0) is 19.9 Å². The zero-order valence-electron chi connectivity index (χ0n) is 11.2. The second kappa shape index (κ2) is 4.66. The van der Waals surface area contributed by atoms with Gasteiger partial charge in [-0.25, -0.2) is 0 Å². The molecule has 1 aromatic carbocycles. The summed E-state index contributed by atoms with van der Waals surface area (Å²) in [5, 5.41) is 18.1. The largest absolute Gasteiger partial charge is 0.508 e. The van der Waals surface area contributed by atoms with E-state index in [1.807, 2.05) is 13.0 Å². The molecule has 0 aliphatic carbocycles. The minimum absolute atomic E-state index is 0.172. The van der Waals surface area contributed by atoms with E-state index in [9.17, 15) is 5.11 Å². The fourth-order valence-electron chi connectivity index (χ4n) is 2.62. The quantitative estimate of drug-likeness (QED) is 0.893. The van der Waals surface area contributed by atoms with Crippen molar-refractivity contribution in [2.24, 2.45) is 0 Å². The summed E-state index contributed by atoms with van der Waals surface area (Å²) in [6.07, 6.45) is 1.78. The molecular weight excluding hydrogens is 240 g/mol. The minimum Gasteiger partial charge on any atom is -0.508 e. The van der Waals surface area contributed by atoms with Gasteiger partial charge in [-0.3, -0.25) is 4.90 Å². The van der Waals surface area contributed by atoms with Crippen molar-refractivity contribution in [3.05, 3.63) is 41.5 Å². The Morgan fingerprint density at radius 2 is 2.16 bits per heavy atom. The van der Waals surface area contributed by atoms with E-state index in [0.29, 0.717) is 5.75 Å². The summed E-state index contributed by atoms with van der Waals surface area (Å²) in [6, 6.07) is 5.93. The number of phenols is 1. The van der Waals surface area contributed by atoms with Crippen molar-refractivity contribution >= 4 is 0 Å². The summed E-state index contributed by atoms with van der Waals surface area (Å²) in [4.78, 5) is 2.32. The lowest BCUT2D eigenvalue weighted by Gasteiger charge is -2.32. The highest BCUT2D eigenvalue weighted by atomic mass is 16.3. The molecule has 2 aromatic rings. The topological polar surface area (TPSA) is 54.2 Å². The van der Waals surface area contributed by atoms with Crippen molar-refractivity contribution in [2.45, 2.75) is 33.0 Å². The van der Waals surface area contributed by atoms with Crippen molar-refractivity contribution in [1.82, 2.24) is 19.7 Å². The molecule has 0 saturated carbocycles. The highest BCUT2D eigenvalue weighted by molar-refractivity contribution is 5.37. The zero-order chi connectivity index (χ0) is 13.4. The summed E-state index contributed by atoms with van der Waals surface area (Å²) in [5.74, 6) is 1.36. The van der Waals surface area contributed by atoms with Gasteiger partial charge in [0, 0.05) is 24.7 Å². The SMILES string of the molecule is Cc1ccc(O)c(C(C)N2CCn3cnnc3C2)c1. The predicted octanol–water partition coefficient (Wildman–Crippen LogP) is 1.87. The Morgan fingerprint density at radius 1 is 1.32 bits per heavy atom. The van der Waals surface area contributed by atoms with Crippen LogP contribution in [0.25, 0.3) is 0 Å². The number of hydrogen-bond acceptors (Lipinski definition) is 4. The molecule has 1 atom stereocenters. The Balaban J connectivity index is 1.85. The second-order valence-corrected chi connectivity index (χ2v) is 5.15. The first kappa shape index (κ1) is 12.2. The fraction of sp³-hybridized carbons (Fsp3) is 0.429. The molecule has 0 amide bonds. The number of rotatable bonds is 2. The standard InChI is InChI=1S/C14H18N4O/c1-10-3-4-13(19)12(7-10)11(2)17-5-6-18-9-15-16-14(18)8-17/h3-4,7,9,11,19H,5-6,8H2,1-2H3. The van der Waals surface area contributed by atoms with Crippen LogP contribution in [0.3, 0.4) is 0 Å². The van der Waals surface area contributed by atoms with Crippen LogP contribution in [0.4, 0.5) is 0 Å². The Kier molecular flexibility index (Phi) is 2.98. The number of benzene rings is 1. The average molecular weight is 258 g/mol. The maximum Gasteiger partial charge on any atom is 0.147 e. The third kappa shape index (κ3) is 2.21. The number of aryl methyl sites for hydroxylation is 1. The third-order valence-electron chi connectivity index (χ3n) is 3.85. The van der Waals surface area contributed by atoms with Crippen molar-refractivity contribution in [3.63, 3.8) is 0 Å². The van der Waals surface area contributed by atoms with Gasteiger partial charge in [0.1, 0.15) is 17.9 Å². The van der Waals surface area contributed by atoms with E-state index in [-0.39, 0.29) is 6.04 Å². The lowest BCUT2D eigenvalue weighted by atomic mass is 10.0. The molecule has 2 heterocycles. The molecule has 0 saturated heterocycles. The van der Waals surface area contributed by atoms with Gasteiger partial charge in [0.05, 0.1) is 6.54 Å². The van der Waals surface area contributed by atoms with Gasteiger partial charge < -0.3 is 9.67 Å². The number of aromatic hydroxyl groups is 1. The Bertz CT molecular complexity index is 593. The molecule has 1 aliphatic heterocycles. The van der Waals surface area contributed by atoms with E-state index in [1.54, 1.807) is 12.4 Å². The Labute approximate surface area is 112 Å². The number of phenolic OH excluding ortho intramolecular Hbond substituents is 1. The Hall–Kier alpha value is -1.88. The molecule has 0 fully saturated rings. The smallest absolute Gasteiger partial charge is 0.147 e. The lowest BCUT2D eigenvalue weighted by Crippen LogP contribution is -2.35. The molecule has 1 unspecified atom stereocenters. The molecule has 100 valence electrons. The van der Waals surface area contributed by atoms with Crippen molar-refractivity contribution < 1.29 is 5.11 Å². The molecule has 1 aromatic heterocycles. The van der Waals surface area contributed by atoms with Crippen molar-refractivity contribution in [3.8, 4) is 5.75 Å². The summed E-state index contributed by atoms with van der Waals surface area (Å²) in [6.45, 7) is 6.79. The highest BCUT2D eigenvalue weighted by Gasteiger charge is 2.24. The van der Waals surface area contributed by atoms with E-state index in [1.165, 1.54) is 5.56 Å². The van der Waals surface area contributed by atoms with Gasteiger partial charge in [-0.1, -0.05) is 17.7 Å². The van der Waals surface area contributed by atoms with Crippen LogP contribution in [0.5, 0.6) is 5.75 Å². The van der Waals surface area contributed by atoms with Crippen LogP contribution in [-0.2, 0) is 13.1 Å². The molecule has 1 aliphatic rings. The fourth-order valence-corrected chi connectivity index (χ4v) is 2.62. The molecule has 3 rings (SSSR count). The molecule has 0 bridgehead atoms. The molecule has 5 heteroatoms. The molecule has 19 heavy (non-hydrogen) atoms. The van der Waals surface area contributed by atoms with Crippen LogP contribution in [0.2, 0.25) is 0 Å². The zero-order valence-corrected chi connectivity index (χ0v) is 11.2. The number of hydrogen-bond donors (Lipinski definition) is 1. The van der Waals surface area contributed by atoms with E-state index >= 15 is 0 Å². The van der Waals surface area contributed by atoms with Crippen molar-refractivity contribution in [2.75, 3.05) is 6.54 Å². The predicted molar refractivity (Wildman–Crippen MR) is 71.7 cm³/mol. The monoisotopic (exact) mass is 258 g/mol. The first-order chi connectivity index (χ1) is 9.15. The summed E-state index contributed by atoms with van der Waals surface area (Å²) >= 11 is 0. The van der Waals surface area contributed by atoms with Crippen LogP contribution < -0.4 is 0 Å². The van der Waals surface area contributed by atoms with E-state index < -0.39 is 0 Å². The van der Waals surface area contributed by atoms with Gasteiger partial charge in [0.25, 0.3) is 0 Å². The van der Waals surface area contributed by atoms with E-state index in [2.05, 4.69) is 32.7 Å². The lowest BCUT2D eigenvalue weighted by molar-refractivity contribution is 0.161. The van der Waals surface area contributed by atoms with Crippen LogP contribution >= 0.6 is 0 Å². The third-order valence-corrected chi connectivity index (χ3v) is 3.85. The number of fused-ring (bicyclic) bond motifs is 1. The first-order valence-electron chi connectivity index (χ1n) is 6.55. The highest BCUT2D eigenvalue weighted by Crippen LogP contribution is 2.31. The molecule has 0 radical (unpaired) electrons. The van der Waals surface area contributed by atoms with Crippen LogP contribution in [-0.4, -0.2) is 31.3 Å². The van der Waals surface area contributed by atoms with Gasteiger partial charge in [-0.2, -0.15) is 0 Å². The van der Waals surface area contributed by atoms with Gasteiger partial charge >= 0.3 is 0 Å². The van der Waals surface area contributed by atoms with Crippen LogP contribution in [0, 0.1) is 6.92 Å². The van der Waals surface area contributed by atoms with Crippen LogP contribution in [0.15, 0.2) is 24.5 Å². The second-order valence-electron chi connectivity index (χ2n) is 5.15. The summed E-state index contributed by atoms with van der Waals surface area (Å²) in [5.41, 5.74) is 2.15. The maximum atomic E-state index is 10.0. The number of aromatic nitrogens is 3. The Morgan fingerprint density at radius 3 is 3.00 bits per heavy atom. The van der Waals surface area contributed by atoms with Gasteiger partial charge in [0.2, 0.25) is 0 Å². The molecule has 5 nitrogen and oxygen atoms in total. The van der Waals surface area contributed by atoms with E-state index in [0.717, 1.165) is 31.0 Å². The first-order valence-corrected chi connectivity index (χ1v) is 6.55. The number of nitrogens with zero attached hydrogens (tertiary/aromatic N) is 4. The van der Waals surface area contributed by atoms with Crippen molar-refractivity contribution in [1.29, 1.82) is 0 Å². The molecular formula is C14H18N4O. The molecule has 0 spiro atoms. The van der Waals surface area contributed by atoms with Gasteiger partial charge in [-0.15, -0.1) is 10.2 Å². The maximum absolute atomic E-state index is 10.0.